The van der Waals surface area contributed by atoms with E-state index >= 15 is 0 Å². The van der Waals surface area contributed by atoms with Crippen LogP contribution in [0.2, 0.25) is 0 Å². The first-order valence-corrected chi connectivity index (χ1v) is 9.83. The lowest BCUT2D eigenvalue weighted by molar-refractivity contribution is 0.306. The molecule has 0 radical (unpaired) electrons. The Hall–Kier alpha value is -2.93. The fourth-order valence-corrected chi connectivity index (χ4v) is 3.43. The van der Waals surface area contributed by atoms with Crippen molar-refractivity contribution in [3.05, 3.63) is 71.1 Å². The van der Waals surface area contributed by atoms with Gasteiger partial charge in [-0.2, -0.15) is 5.10 Å². The Morgan fingerprint density at radius 2 is 1.79 bits per heavy atom. The third kappa shape index (κ3) is 3.84. The second-order valence-corrected chi connectivity index (χ2v) is 7.42. The molecule has 0 atom stereocenters. The average Bonchev–Trinajstić information content (AvgIpc) is 3.06. The molecule has 0 amide bonds. The lowest BCUT2D eigenvalue weighted by Gasteiger charge is -2.10. The van der Waals surface area contributed by atoms with Gasteiger partial charge in [-0.3, -0.25) is 0 Å². The molecule has 7 heteroatoms. The molecule has 2 aromatic heterocycles. The van der Waals surface area contributed by atoms with Gasteiger partial charge in [0, 0.05) is 11.7 Å². The molecule has 0 saturated heterocycles. The Balaban J connectivity index is 1.52. The highest BCUT2D eigenvalue weighted by Gasteiger charge is 2.16. The summed E-state index contributed by atoms with van der Waals surface area (Å²) >= 11 is 3.53. The highest BCUT2D eigenvalue weighted by molar-refractivity contribution is 9.10. The van der Waals surface area contributed by atoms with Gasteiger partial charge in [-0.25, -0.2) is 14.6 Å². The minimum atomic E-state index is 0.206. The van der Waals surface area contributed by atoms with Crippen LogP contribution in [0.15, 0.2) is 65.5 Å². The molecule has 0 aliphatic carbocycles. The number of halogens is 1. The zero-order valence-electron chi connectivity index (χ0n) is 15.6. The van der Waals surface area contributed by atoms with Gasteiger partial charge in [0.25, 0.3) is 0 Å². The standard InChI is InChI=1S/C21H20BrN5O/c1-14(2)27-21-18(19(22)26-27)20(23-13-24-21)25-16-8-10-17(11-9-16)28-12-15-6-4-3-5-7-15/h3-11,13-14H,12H2,1-2H3,(H,23,24,25). The maximum atomic E-state index is 5.84. The molecule has 0 unspecified atom stereocenters. The fourth-order valence-electron chi connectivity index (χ4n) is 2.90. The Bertz CT molecular complexity index is 1080. The Morgan fingerprint density at radius 1 is 1.04 bits per heavy atom. The molecule has 4 rings (SSSR count). The van der Waals surface area contributed by atoms with Gasteiger partial charge in [-0.1, -0.05) is 30.3 Å². The van der Waals surface area contributed by atoms with Crippen molar-refractivity contribution >= 4 is 38.5 Å². The van der Waals surface area contributed by atoms with E-state index in [1.54, 1.807) is 6.33 Å². The zero-order chi connectivity index (χ0) is 19.5. The predicted octanol–water partition coefficient (Wildman–Crippen LogP) is 5.49. The van der Waals surface area contributed by atoms with Crippen LogP contribution in [0.25, 0.3) is 11.0 Å². The molecule has 2 heterocycles. The number of rotatable bonds is 6. The van der Waals surface area contributed by atoms with Crippen LogP contribution in [-0.4, -0.2) is 19.7 Å². The lowest BCUT2D eigenvalue weighted by atomic mass is 10.2. The number of aromatic nitrogens is 4. The maximum Gasteiger partial charge on any atom is 0.164 e. The number of hydrogen-bond donors (Lipinski definition) is 1. The van der Waals surface area contributed by atoms with Crippen molar-refractivity contribution in [2.75, 3.05) is 5.32 Å². The molecule has 0 fully saturated rings. The molecule has 0 aliphatic rings. The van der Waals surface area contributed by atoms with Crippen LogP contribution in [-0.2, 0) is 6.61 Å². The predicted molar refractivity (Wildman–Crippen MR) is 114 cm³/mol. The molecule has 0 aliphatic heterocycles. The van der Waals surface area contributed by atoms with Gasteiger partial charge in [0.15, 0.2) is 5.65 Å². The number of benzene rings is 2. The molecule has 0 saturated carbocycles. The number of ether oxygens (including phenoxy) is 1. The van der Waals surface area contributed by atoms with Crippen molar-refractivity contribution in [3.8, 4) is 5.75 Å². The van der Waals surface area contributed by atoms with E-state index in [4.69, 9.17) is 4.74 Å². The van der Waals surface area contributed by atoms with Crippen LogP contribution >= 0.6 is 15.9 Å². The van der Waals surface area contributed by atoms with Gasteiger partial charge in [0.1, 0.15) is 29.1 Å². The smallest absolute Gasteiger partial charge is 0.164 e. The summed E-state index contributed by atoms with van der Waals surface area (Å²) in [6.07, 6.45) is 1.55. The van der Waals surface area contributed by atoms with E-state index in [2.05, 4.69) is 50.2 Å². The van der Waals surface area contributed by atoms with E-state index in [1.165, 1.54) is 0 Å². The number of hydrogen-bond acceptors (Lipinski definition) is 5. The average molecular weight is 438 g/mol. The van der Waals surface area contributed by atoms with E-state index in [9.17, 15) is 0 Å². The van der Waals surface area contributed by atoms with E-state index in [0.29, 0.717) is 12.4 Å². The summed E-state index contributed by atoms with van der Waals surface area (Å²) < 4.78 is 8.45. The van der Waals surface area contributed by atoms with Gasteiger partial charge < -0.3 is 10.1 Å². The van der Waals surface area contributed by atoms with Crippen molar-refractivity contribution in [3.63, 3.8) is 0 Å². The summed E-state index contributed by atoms with van der Waals surface area (Å²) in [5.41, 5.74) is 2.85. The van der Waals surface area contributed by atoms with E-state index in [1.807, 2.05) is 59.3 Å². The second-order valence-electron chi connectivity index (χ2n) is 6.67. The third-order valence-electron chi connectivity index (χ3n) is 4.30. The van der Waals surface area contributed by atoms with E-state index < -0.39 is 0 Å². The first-order chi connectivity index (χ1) is 13.6. The van der Waals surface area contributed by atoms with E-state index in [-0.39, 0.29) is 6.04 Å². The van der Waals surface area contributed by atoms with Crippen LogP contribution in [0.4, 0.5) is 11.5 Å². The quantitative estimate of drug-likeness (QED) is 0.431. The molecular weight excluding hydrogens is 418 g/mol. The second kappa shape index (κ2) is 7.98. The number of fused-ring (bicyclic) bond motifs is 1. The molecule has 0 spiro atoms. The monoisotopic (exact) mass is 437 g/mol. The van der Waals surface area contributed by atoms with Crippen molar-refractivity contribution in [1.29, 1.82) is 0 Å². The van der Waals surface area contributed by atoms with Crippen molar-refractivity contribution < 1.29 is 4.74 Å². The molecule has 6 nitrogen and oxygen atoms in total. The molecular formula is C21H20BrN5O. The SMILES string of the molecule is CC(C)n1nc(Br)c2c(Nc3ccc(OCc4ccccc4)cc3)ncnc21. The normalized spacial score (nSPS) is 11.1. The Morgan fingerprint density at radius 3 is 2.50 bits per heavy atom. The highest BCUT2D eigenvalue weighted by Crippen LogP contribution is 2.31. The zero-order valence-corrected chi connectivity index (χ0v) is 17.2. The largest absolute Gasteiger partial charge is 0.489 e. The van der Waals surface area contributed by atoms with Crippen LogP contribution in [0.1, 0.15) is 25.5 Å². The molecule has 4 aromatic rings. The van der Waals surface area contributed by atoms with Crippen molar-refractivity contribution in [2.45, 2.75) is 26.5 Å². The molecule has 0 bridgehead atoms. The third-order valence-corrected chi connectivity index (χ3v) is 4.86. The van der Waals surface area contributed by atoms with Gasteiger partial charge >= 0.3 is 0 Å². The van der Waals surface area contributed by atoms with Crippen LogP contribution in [0.3, 0.4) is 0 Å². The van der Waals surface area contributed by atoms with Crippen molar-refractivity contribution in [1.82, 2.24) is 19.7 Å². The Labute approximate surface area is 171 Å². The van der Waals surface area contributed by atoms with Crippen LogP contribution < -0.4 is 10.1 Å². The summed E-state index contributed by atoms with van der Waals surface area (Å²) in [6, 6.07) is 18.1. The summed E-state index contributed by atoms with van der Waals surface area (Å²) in [6.45, 7) is 4.69. The first-order valence-electron chi connectivity index (χ1n) is 9.04. The maximum absolute atomic E-state index is 5.84. The van der Waals surface area contributed by atoms with Gasteiger partial charge in [-0.05, 0) is 59.6 Å². The molecule has 2 aromatic carbocycles. The molecule has 142 valence electrons. The van der Waals surface area contributed by atoms with Gasteiger partial charge in [0.05, 0.1) is 5.39 Å². The van der Waals surface area contributed by atoms with E-state index in [0.717, 1.165) is 32.6 Å². The summed E-state index contributed by atoms with van der Waals surface area (Å²) in [5, 5.41) is 8.74. The molecule has 1 N–H and O–H groups in total. The van der Waals surface area contributed by atoms with Gasteiger partial charge in [-0.15, -0.1) is 0 Å². The van der Waals surface area contributed by atoms with Gasteiger partial charge in [0.2, 0.25) is 0 Å². The lowest BCUT2D eigenvalue weighted by Crippen LogP contribution is -2.04. The molecule has 28 heavy (non-hydrogen) atoms. The first kappa shape index (κ1) is 18.4. The van der Waals surface area contributed by atoms with Crippen LogP contribution in [0, 0.1) is 0 Å². The summed E-state index contributed by atoms with van der Waals surface area (Å²) in [5.74, 6) is 1.53. The Kier molecular flexibility index (Phi) is 5.25. The van der Waals surface area contributed by atoms with Crippen molar-refractivity contribution in [2.24, 2.45) is 0 Å². The summed E-state index contributed by atoms with van der Waals surface area (Å²) in [4.78, 5) is 8.79. The van der Waals surface area contributed by atoms with Crippen LogP contribution in [0.5, 0.6) is 5.75 Å². The summed E-state index contributed by atoms with van der Waals surface area (Å²) in [7, 11) is 0. The fraction of sp³-hybridized carbons (Fsp3) is 0.190. The minimum absolute atomic E-state index is 0.206. The minimum Gasteiger partial charge on any atom is -0.489 e. The number of anilines is 2. The number of nitrogens with one attached hydrogen (secondary N) is 1. The topological polar surface area (TPSA) is 64.9 Å². The number of nitrogens with zero attached hydrogens (tertiary/aromatic N) is 4. The highest BCUT2D eigenvalue weighted by atomic mass is 79.9.